The third kappa shape index (κ3) is 4.75. The zero-order valence-electron chi connectivity index (χ0n) is 13.5. The summed E-state index contributed by atoms with van der Waals surface area (Å²) in [7, 11) is 0. The van der Waals surface area contributed by atoms with Crippen LogP contribution in [0.3, 0.4) is 0 Å². The number of nitrogens with one attached hydrogen (secondary N) is 1. The van der Waals surface area contributed by atoms with Crippen LogP contribution in [0.2, 0.25) is 0 Å². The van der Waals surface area contributed by atoms with E-state index in [0.29, 0.717) is 0 Å². The Hall–Kier alpha value is -1.00. The van der Waals surface area contributed by atoms with Gasteiger partial charge in [0.15, 0.2) is 0 Å². The summed E-state index contributed by atoms with van der Waals surface area (Å²) in [6.45, 7) is 11.1. The highest BCUT2D eigenvalue weighted by molar-refractivity contribution is 5.10. The number of hydrogen-bond donors (Lipinski definition) is 1. The van der Waals surface area contributed by atoms with Gasteiger partial charge in [0, 0.05) is 13.1 Å². The van der Waals surface area contributed by atoms with Crippen LogP contribution in [0.4, 0.5) is 4.39 Å². The molecule has 0 aromatic carbocycles. The predicted octanol–water partition coefficient (Wildman–Crippen LogP) is 3.24. The Labute approximate surface area is 127 Å². The highest BCUT2D eigenvalue weighted by Crippen LogP contribution is 2.25. The minimum atomic E-state index is -0.270. The summed E-state index contributed by atoms with van der Waals surface area (Å²) in [4.78, 5) is 6.78. The Morgan fingerprint density at radius 1 is 1.43 bits per heavy atom. The molecule has 1 N–H and O–H groups in total. The molecule has 3 nitrogen and oxygen atoms in total. The lowest BCUT2D eigenvalue weighted by Gasteiger charge is -2.22. The monoisotopic (exact) mass is 293 g/mol. The van der Waals surface area contributed by atoms with Gasteiger partial charge in [-0.3, -0.25) is 4.98 Å². The molecule has 2 unspecified atom stereocenters. The second-order valence-corrected chi connectivity index (χ2v) is 6.39. The third-order valence-electron chi connectivity index (χ3n) is 4.54. The highest BCUT2D eigenvalue weighted by Gasteiger charge is 2.25. The van der Waals surface area contributed by atoms with E-state index < -0.39 is 0 Å². The minimum Gasteiger partial charge on any atom is -0.309 e. The van der Waals surface area contributed by atoms with E-state index in [-0.39, 0.29) is 11.9 Å². The normalized spacial score (nSPS) is 21.1. The van der Waals surface area contributed by atoms with E-state index >= 15 is 0 Å². The molecule has 0 aliphatic carbocycles. The average molecular weight is 293 g/mol. The van der Waals surface area contributed by atoms with Crippen molar-refractivity contribution in [3.63, 3.8) is 0 Å². The molecule has 4 heteroatoms. The second-order valence-electron chi connectivity index (χ2n) is 6.39. The first-order valence-electron chi connectivity index (χ1n) is 8.17. The van der Waals surface area contributed by atoms with Crippen molar-refractivity contribution in [3.05, 3.63) is 29.8 Å². The molecule has 0 bridgehead atoms. The van der Waals surface area contributed by atoms with Gasteiger partial charge in [0.25, 0.3) is 0 Å². The van der Waals surface area contributed by atoms with Crippen molar-refractivity contribution in [2.45, 2.75) is 39.7 Å². The van der Waals surface area contributed by atoms with Crippen LogP contribution in [0.25, 0.3) is 0 Å². The molecule has 1 aliphatic rings. The molecule has 1 saturated heterocycles. The molecule has 21 heavy (non-hydrogen) atoms. The van der Waals surface area contributed by atoms with Gasteiger partial charge < -0.3 is 10.2 Å². The topological polar surface area (TPSA) is 28.2 Å². The second kappa shape index (κ2) is 7.85. The van der Waals surface area contributed by atoms with Crippen molar-refractivity contribution in [2.75, 3.05) is 26.2 Å². The molecule has 2 rings (SSSR count). The van der Waals surface area contributed by atoms with Gasteiger partial charge in [-0.15, -0.1) is 0 Å². The SMILES string of the molecule is CCNC(CCN1CCC(C(C)C)C1)c1ccc(F)cn1. The van der Waals surface area contributed by atoms with E-state index in [9.17, 15) is 4.39 Å². The largest absolute Gasteiger partial charge is 0.309 e. The maximum absolute atomic E-state index is 13.0. The molecule has 2 heterocycles. The van der Waals surface area contributed by atoms with Crippen LogP contribution in [0.1, 0.15) is 45.3 Å². The molecule has 118 valence electrons. The van der Waals surface area contributed by atoms with Gasteiger partial charge in [-0.1, -0.05) is 20.8 Å². The van der Waals surface area contributed by atoms with E-state index in [0.717, 1.165) is 37.0 Å². The number of halogens is 1. The smallest absolute Gasteiger partial charge is 0.141 e. The Bertz CT molecular complexity index is 419. The fraction of sp³-hybridized carbons (Fsp3) is 0.706. The molecular formula is C17H28FN3. The zero-order valence-corrected chi connectivity index (χ0v) is 13.5. The average Bonchev–Trinajstić information content (AvgIpc) is 2.93. The maximum atomic E-state index is 13.0. The lowest BCUT2D eigenvalue weighted by Crippen LogP contribution is -2.29. The van der Waals surface area contributed by atoms with E-state index in [1.54, 1.807) is 6.07 Å². The maximum Gasteiger partial charge on any atom is 0.141 e. The number of hydrogen-bond acceptors (Lipinski definition) is 3. The van der Waals surface area contributed by atoms with Gasteiger partial charge in [0.05, 0.1) is 17.9 Å². The van der Waals surface area contributed by atoms with Crippen molar-refractivity contribution < 1.29 is 4.39 Å². The Kier molecular flexibility index (Phi) is 6.12. The fourth-order valence-electron chi connectivity index (χ4n) is 3.12. The number of aromatic nitrogens is 1. The summed E-state index contributed by atoms with van der Waals surface area (Å²) in [5.74, 6) is 1.35. The third-order valence-corrected chi connectivity index (χ3v) is 4.54. The lowest BCUT2D eigenvalue weighted by molar-refractivity contribution is 0.284. The standard InChI is InChI=1S/C17H28FN3/c1-4-19-17(16-6-5-15(18)11-20-16)8-10-21-9-7-14(12-21)13(2)3/h5-6,11,13-14,17,19H,4,7-10,12H2,1-3H3. The van der Waals surface area contributed by atoms with Crippen LogP contribution in [0, 0.1) is 17.7 Å². The number of nitrogens with zero attached hydrogens (tertiary/aromatic N) is 2. The molecule has 0 saturated carbocycles. The van der Waals surface area contributed by atoms with Gasteiger partial charge in [-0.05, 0) is 49.9 Å². The predicted molar refractivity (Wildman–Crippen MR) is 84.6 cm³/mol. The first-order valence-corrected chi connectivity index (χ1v) is 8.17. The van der Waals surface area contributed by atoms with E-state index in [4.69, 9.17) is 0 Å². The molecule has 0 amide bonds. The van der Waals surface area contributed by atoms with Crippen molar-refractivity contribution in [3.8, 4) is 0 Å². The summed E-state index contributed by atoms with van der Waals surface area (Å²) in [5.41, 5.74) is 0.942. The summed E-state index contributed by atoms with van der Waals surface area (Å²) in [5, 5.41) is 3.46. The van der Waals surface area contributed by atoms with Crippen LogP contribution in [0.15, 0.2) is 18.3 Å². The molecule has 0 spiro atoms. The zero-order chi connectivity index (χ0) is 15.2. The lowest BCUT2D eigenvalue weighted by atomic mass is 9.95. The number of pyridine rings is 1. The van der Waals surface area contributed by atoms with Gasteiger partial charge in [-0.25, -0.2) is 4.39 Å². The Morgan fingerprint density at radius 2 is 2.24 bits per heavy atom. The molecule has 1 aromatic heterocycles. The summed E-state index contributed by atoms with van der Waals surface area (Å²) in [6, 6.07) is 3.51. The minimum absolute atomic E-state index is 0.216. The van der Waals surface area contributed by atoms with E-state index in [1.807, 2.05) is 0 Å². The van der Waals surface area contributed by atoms with Gasteiger partial charge >= 0.3 is 0 Å². The van der Waals surface area contributed by atoms with Crippen molar-refractivity contribution >= 4 is 0 Å². The van der Waals surface area contributed by atoms with Crippen LogP contribution >= 0.6 is 0 Å². The molecule has 0 radical (unpaired) electrons. The molecule has 1 aliphatic heterocycles. The van der Waals surface area contributed by atoms with Crippen LogP contribution in [-0.2, 0) is 0 Å². The molecule has 1 fully saturated rings. The van der Waals surface area contributed by atoms with Crippen LogP contribution in [0.5, 0.6) is 0 Å². The first kappa shape index (κ1) is 16.4. The number of likely N-dealkylation sites (tertiary alicyclic amines) is 1. The quantitative estimate of drug-likeness (QED) is 0.836. The number of rotatable bonds is 7. The molecule has 1 aromatic rings. The van der Waals surface area contributed by atoms with Gasteiger partial charge in [0.2, 0.25) is 0 Å². The van der Waals surface area contributed by atoms with E-state index in [2.05, 4.69) is 36.0 Å². The molecular weight excluding hydrogens is 265 g/mol. The summed E-state index contributed by atoms with van der Waals surface area (Å²) >= 11 is 0. The highest BCUT2D eigenvalue weighted by atomic mass is 19.1. The van der Waals surface area contributed by atoms with Crippen molar-refractivity contribution in [2.24, 2.45) is 11.8 Å². The fourth-order valence-corrected chi connectivity index (χ4v) is 3.12. The Morgan fingerprint density at radius 3 is 2.81 bits per heavy atom. The van der Waals surface area contributed by atoms with Gasteiger partial charge in [-0.2, -0.15) is 0 Å². The summed E-state index contributed by atoms with van der Waals surface area (Å²) < 4.78 is 13.0. The first-order chi connectivity index (χ1) is 10.1. The van der Waals surface area contributed by atoms with Crippen molar-refractivity contribution in [1.29, 1.82) is 0 Å². The van der Waals surface area contributed by atoms with E-state index in [1.165, 1.54) is 31.8 Å². The van der Waals surface area contributed by atoms with Crippen LogP contribution < -0.4 is 5.32 Å². The Balaban J connectivity index is 1.87. The van der Waals surface area contributed by atoms with Crippen molar-refractivity contribution in [1.82, 2.24) is 15.2 Å². The van der Waals surface area contributed by atoms with Gasteiger partial charge in [0.1, 0.15) is 5.82 Å². The summed E-state index contributed by atoms with van der Waals surface area (Å²) in [6.07, 6.45) is 3.65. The van der Waals surface area contributed by atoms with Crippen LogP contribution in [-0.4, -0.2) is 36.1 Å². The molecule has 2 atom stereocenters.